The first kappa shape index (κ1) is 27.5. The summed E-state index contributed by atoms with van der Waals surface area (Å²) in [5.74, 6) is -1.39. The standard InChI is InChI=1S/C27H33N5O5S/c1-15-21(38-14-30-15)16-6-7-17(20(34)10-16)12-29-23(35)19-11-18(33)13-32(19)24(36)22(26(2,3)4)31-25(37)27(28-5)8-9-27/h6-7,10,14,18-19,22,33-34H,8-9,11-13H2,1-4H3,(H,29,35)(H,31,37)/t18-,19+,22-/m1/s1. The third-order valence-corrected chi connectivity index (χ3v) is 8.14. The monoisotopic (exact) mass is 539 g/mol. The molecule has 4 N–H and O–H groups in total. The minimum atomic E-state index is -1.11. The number of rotatable bonds is 7. The highest BCUT2D eigenvalue weighted by molar-refractivity contribution is 7.13. The molecule has 1 aromatic heterocycles. The number of aromatic nitrogens is 1. The van der Waals surface area contributed by atoms with Gasteiger partial charge in [-0.05, 0) is 24.0 Å². The minimum Gasteiger partial charge on any atom is -0.508 e. The highest BCUT2D eigenvalue weighted by atomic mass is 32.1. The average Bonchev–Trinajstić information content (AvgIpc) is 3.40. The molecule has 2 aliphatic rings. The van der Waals surface area contributed by atoms with Crippen molar-refractivity contribution in [1.29, 1.82) is 0 Å². The largest absolute Gasteiger partial charge is 0.508 e. The molecule has 10 nitrogen and oxygen atoms in total. The molecule has 1 aliphatic carbocycles. The van der Waals surface area contributed by atoms with Gasteiger partial charge < -0.3 is 25.7 Å². The molecule has 0 spiro atoms. The Morgan fingerprint density at radius 2 is 2.03 bits per heavy atom. The summed E-state index contributed by atoms with van der Waals surface area (Å²) in [7, 11) is 0. The maximum atomic E-state index is 13.6. The van der Waals surface area contributed by atoms with Gasteiger partial charge in [-0.1, -0.05) is 32.9 Å². The third kappa shape index (κ3) is 5.51. The van der Waals surface area contributed by atoms with E-state index in [4.69, 9.17) is 6.57 Å². The van der Waals surface area contributed by atoms with Crippen molar-refractivity contribution >= 4 is 29.1 Å². The minimum absolute atomic E-state index is 0.0271. The molecule has 0 radical (unpaired) electrons. The van der Waals surface area contributed by atoms with Crippen LogP contribution in [0.15, 0.2) is 23.7 Å². The molecule has 0 bridgehead atoms. The van der Waals surface area contributed by atoms with Crippen LogP contribution in [0.3, 0.4) is 0 Å². The van der Waals surface area contributed by atoms with Gasteiger partial charge in [0.2, 0.25) is 11.8 Å². The second-order valence-electron chi connectivity index (χ2n) is 11.1. The number of aryl methyl sites for hydroxylation is 1. The van der Waals surface area contributed by atoms with Crippen molar-refractivity contribution in [3.63, 3.8) is 0 Å². The Morgan fingerprint density at radius 3 is 2.58 bits per heavy atom. The lowest BCUT2D eigenvalue weighted by Crippen LogP contribution is -2.59. The molecule has 11 heteroatoms. The number of aliphatic hydroxyl groups excluding tert-OH is 1. The van der Waals surface area contributed by atoms with Crippen molar-refractivity contribution in [3.05, 3.63) is 46.4 Å². The van der Waals surface area contributed by atoms with E-state index in [1.807, 2.05) is 13.0 Å². The van der Waals surface area contributed by atoms with Crippen molar-refractivity contribution in [2.24, 2.45) is 5.41 Å². The number of aromatic hydroxyl groups is 1. The average molecular weight is 540 g/mol. The molecule has 1 saturated carbocycles. The van der Waals surface area contributed by atoms with Crippen LogP contribution in [-0.4, -0.2) is 68.1 Å². The van der Waals surface area contributed by atoms with Crippen LogP contribution in [0.25, 0.3) is 15.3 Å². The van der Waals surface area contributed by atoms with E-state index >= 15 is 0 Å². The highest BCUT2D eigenvalue weighted by Crippen LogP contribution is 2.40. The maximum Gasteiger partial charge on any atom is 0.309 e. The quantitative estimate of drug-likeness (QED) is 0.399. The SMILES string of the molecule is [C-]#[N+]C1(C(=O)N[C@H](C(=O)N2C[C@H](O)C[C@H]2C(=O)NCc2ccc(-c3scnc3C)cc2O)C(C)(C)C)CC1. The number of β-amino-alcohol motifs (C(OH)–C–C–N with tert-alkyl or cyclic N) is 1. The van der Waals surface area contributed by atoms with Gasteiger partial charge in [0.25, 0.3) is 0 Å². The number of hydrogen-bond donors (Lipinski definition) is 4. The van der Waals surface area contributed by atoms with Gasteiger partial charge in [0, 0.05) is 37.9 Å². The first-order valence-electron chi connectivity index (χ1n) is 12.5. The fourth-order valence-corrected chi connectivity index (χ4v) is 5.43. The van der Waals surface area contributed by atoms with Crippen LogP contribution in [0, 0.1) is 18.9 Å². The van der Waals surface area contributed by atoms with Gasteiger partial charge in [0.05, 0.1) is 22.2 Å². The van der Waals surface area contributed by atoms with Gasteiger partial charge in [-0.2, -0.15) is 0 Å². The molecule has 4 rings (SSSR count). The first-order chi connectivity index (χ1) is 17.9. The summed E-state index contributed by atoms with van der Waals surface area (Å²) in [6.45, 7) is 14.6. The van der Waals surface area contributed by atoms with Crippen molar-refractivity contribution in [2.45, 2.75) is 77.2 Å². The number of likely N-dealkylation sites (tertiary alicyclic amines) is 1. The number of carbonyl (C=O) groups excluding carboxylic acids is 3. The summed E-state index contributed by atoms with van der Waals surface area (Å²) in [5, 5.41) is 26.4. The van der Waals surface area contributed by atoms with Crippen LogP contribution in [-0.2, 0) is 20.9 Å². The predicted molar refractivity (Wildman–Crippen MR) is 142 cm³/mol. The number of carbonyl (C=O) groups is 3. The normalized spacial score (nSPS) is 20.9. The molecule has 2 fully saturated rings. The van der Waals surface area contributed by atoms with Gasteiger partial charge >= 0.3 is 11.4 Å². The van der Waals surface area contributed by atoms with Gasteiger partial charge in [-0.25, -0.2) is 11.6 Å². The van der Waals surface area contributed by atoms with E-state index in [1.165, 1.54) is 16.2 Å². The van der Waals surface area contributed by atoms with E-state index in [9.17, 15) is 24.6 Å². The molecule has 1 saturated heterocycles. The van der Waals surface area contributed by atoms with Gasteiger partial charge in [-0.15, -0.1) is 11.3 Å². The number of hydrogen-bond acceptors (Lipinski definition) is 7. The predicted octanol–water partition coefficient (Wildman–Crippen LogP) is 2.38. The summed E-state index contributed by atoms with van der Waals surface area (Å²) in [6.07, 6.45) is 0.0837. The fraction of sp³-hybridized carbons (Fsp3) is 0.519. The fourth-order valence-electron chi connectivity index (χ4n) is 4.63. The number of benzene rings is 1. The Labute approximate surface area is 225 Å². The lowest BCUT2D eigenvalue weighted by molar-refractivity contribution is -0.144. The van der Waals surface area contributed by atoms with E-state index in [1.54, 1.807) is 38.4 Å². The maximum absolute atomic E-state index is 13.6. The number of aliphatic hydroxyl groups is 1. The Morgan fingerprint density at radius 1 is 1.32 bits per heavy atom. The number of phenolic OH excluding ortho intramolecular Hbond substituents is 1. The number of amides is 3. The van der Waals surface area contributed by atoms with Crippen molar-refractivity contribution in [2.75, 3.05) is 6.54 Å². The molecule has 3 atom stereocenters. The summed E-state index contributed by atoms with van der Waals surface area (Å²) in [5.41, 5.74) is 2.14. The zero-order valence-electron chi connectivity index (χ0n) is 21.9. The van der Waals surface area contributed by atoms with Crippen LogP contribution in [0.1, 0.15) is 51.3 Å². The molecule has 1 aliphatic heterocycles. The van der Waals surface area contributed by atoms with Crippen molar-refractivity contribution in [1.82, 2.24) is 20.5 Å². The smallest absolute Gasteiger partial charge is 0.309 e. The second kappa shape index (κ2) is 10.3. The molecular formula is C27H33N5O5S. The summed E-state index contributed by atoms with van der Waals surface area (Å²) < 4.78 is 0. The highest BCUT2D eigenvalue weighted by Gasteiger charge is 2.59. The lowest BCUT2D eigenvalue weighted by Gasteiger charge is -2.35. The Hall–Kier alpha value is -3.49. The Balaban J connectivity index is 1.45. The number of nitrogens with zero attached hydrogens (tertiary/aromatic N) is 3. The van der Waals surface area contributed by atoms with Gasteiger partial charge in [0.1, 0.15) is 17.8 Å². The van der Waals surface area contributed by atoms with Gasteiger partial charge in [0.15, 0.2) is 0 Å². The molecule has 2 aromatic rings. The molecule has 38 heavy (non-hydrogen) atoms. The number of thiazole rings is 1. The van der Waals surface area contributed by atoms with E-state index in [2.05, 4.69) is 20.5 Å². The molecular weight excluding hydrogens is 506 g/mol. The number of nitrogens with one attached hydrogen (secondary N) is 2. The third-order valence-electron chi connectivity index (χ3n) is 7.16. The molecule has 0 unspecified atom stereocenters. The zero-order chi connectivity index (χ0) is 27.8. The van der Waals surface area contributed by atoms with E-state index in [0.717, 1.165) is 16.1 Å². The molecule has 2 heterocycles. The van der Waals surface area contributed by atoms with Crippen molar-refractivity contribution in [3.8, 4) is 16.2 Å². The van der Waals surface area contributed by atoms with Crippen LogP contribution < -0.4 is 10.6 Å². The summed E-state index contributed by atoms with van der Waals surface area (Å²) in [4.78, 5) is 49.5. The van der Waals surface area contributed by atoms with E-state index in [0.29, 0.717) is 18.4 Å². The van der Waals surface area contributed by atoms with E-state index < -0.39 is 46.9 Å². The van der Waals surface area contributed by atoms with Crippen LogP contribution in [0.2, 0.25) is 0 Å². The van der Waals surface area contributed by atoms with Crippen LogP contribution in [0.4, 0.5) is 0 Å². The zero-order valence-corrected chi connectivity index (χ0v) is 22.8. The summed E-state index contributed by atoms with van der Waals surface area (Å²) in [6, 6.07) is 3.30. The van der Waals surface area contributed by atoms with Crippen LogP contribution >= 0.6 is 11.3 Å². The lowest BCUT2D eigenvalue weighted by atomic mass is 9.85. The second-order valence-corrected chi connectivity index (χ2v) is 12.0. The number of phenols is 1. The Bertz CT molecular complexity index is 1290. The molecule has 202 valence electrons. The van der Waals surface area contributed by atoms with Crippen LogP contribution in [0.5, 0.6) is 5.75 Å². The Kier molecular flexibility index (Phi) is 7.50. The first-order valence-corrected chi connectivity index (χ1v) is 13.4. The van der Waals surface area contributed by atoms with E-state index in [-0.39, 0.29) is 25.3 Å². The van der Waals surface area contributed by atoms with Crippen molar-refractivity contribution < 1.29 is 24.6 Å². The topological polar surface area (TPSA) is 136 Å². The summed E-state index contributed by atoms with van der Waals surface area (Å²) >= 11 is 1.47. The molecule has 1 aromatic carbocycles. The molecule has 3 amide bonds. The van der Waals surface area contributed by atoms with Gasteiger partial charge in [-0.3, -0.25) is 19.2 Å².